The standard InChI is InChI=1S/C14H17N5/c1-2-4-12-18-11-9-17-10-5-3-7-16-13(10)14(11)19(12)8-6-15/h3,5,7,9H,2,4,6,8,15H2,1H3. The molecule has 5 nitrogen and oxygen atoms in total. The van der Waals surface area contributed by atoms with Crippen molar-refractivity contribution in [3.63, 3.8) is 0 Å². The third kappa shape index (κ3) is 1.96. The molecule has 0 unspecified atom stereocenters. The molecule has 0 fully saturated rings. The van der Waals surface area contributed by atoms with Crippen molar-refractivity contribution in [2.75, 3.05) is 6.54 Å². The summed E-state index contributed by atoms with van der Waals surface area (Å²) in [6.45, 7) is 3.51. The van der Waals surface area contributed by atoms with Gasteiger partial charge in [0.15, 0.2) is 0 Å². The molecule has 0 atom stereocenters. The van der Waals surface area contributed by atoms with E-state index in [1.54, 1.807) is 6.20 Å². The average Bonchev–Trinajstić information content (AvgIpc) is 2.78. The van der Waals surface area contributed by atoms with Crippen molar-refractivity contribution in [3.05, 3.63) is 30.4 Å². The minimum absolute atomic E-state index is 0.596. The number of pyridine rings is 2. The number of fused-ring (bicyclic) bond motifs is 3. The summed E-state index contributed by atoms with van der Waals surface area (Å²) in [6, 6.07) is 3.87. The smallest absolute Gasteiger partial charge is 0.115 e. The highest BCUT2D eigenvalue weighted by atomic mass is 15.1. The van der Waals surface area contributed by atoms with E-state index in [9.17, 15) is 0 Å². The van der Waals surface area contributed by atoms with Gasteiger partial charge in [-0.15, -0.1) is 0 Å². The summed E-state index contributed by atoms with van der Waals surface area (Å²) in [4.78, 5) is 13.6. The minimum Gasteiger partial charge on any atom is -0.329 e. The van der Waals surface area contributed by atoms with Crippen LogP contribution < -0.4 is 5.73 Å². The van der Waals surface area contributed by atoms with E-state index in [1.807, 2.05) is 18.3 Å². The topological polar surface area (TPSA) is 69.6 Å². The van der Waals surface area contributed by atoms with Gasteiger partial charge in [0.25, 0.3) is 0 Å². The molecule has 0 aliphatic carbocycles. The monoisotopic (exact) mass is 255 g/mol. The van der Waals surface area contributed by atoms with Crippen molar-refractivity contribution in [1.29, 1.82) is 0 Å². The third-order valence-corrected chi connectivity index (χ3v) is 3.24. The predicted octanol–water partition coefficient (Wildman–Crippen LogP) is 1.89. The van der Waals surface area contributed by atoms with Crippen molar-refractivity contribution in [2.24, 2.45) is 5.73 Å². The average molecular weight is 255 g/mol. The Balaban J connectivity index is 2.35. The number of imidazole rings is 1. The van der Waals surface area contributed by atoms with Crippen LogP contribution in [0.5, 0.6) is 0 Å². The maximum atomic E-state index is 5.74. The van der Waals surface area contributed by atoms with E-state index in [1.165, 1.54) is 0 Å². The number of nitrogens with zero attached hydrogens (tertiary/aromatic N) is 4. The Bertz CT molecular complexity index is 716. The number of hydrogen-bond acceptors (Lipinski definition) is 4. The summed E-state index contributed by atoms with van der Waals surface area (Å²) in [7, 11) is 0. The van der Waals surface area contributed by atoms with E-state index in [2.05, 4.69) is 26.4 Å². The Morgan fingerprint density at radius 2 is 2.16 bits per heavy atom. The summed E-state index contributed by atoms with van der Waals surface area (Å²) < 4.78 is 2.19. The lowest BCUT2D eigenvalue weighted by molar-refractivity contribution is 0.668. The van der Waals surface area contributed by atoms with Crippen LogP contribution in [-0.4, -0.2) is 26.1 Å². The van der Waals surface area contributed by atoms with Gasteiger partial charge < -0.3 is 10.3 Å². The van der Waals surface area contributed by atoms with Crippen LogP contribution in [0.3, 0.4) is 0 Å². The number of aromatic nitrogens is 4. The van der Waals surface area contributed by atoms with Crippen LogP contribution in [0, 0.1) is 0 Å². The molecule has 0 aliphatic heterocycles. The fourth-order valence-electron chi connectivity index (χ4n) is 2.46. The van der Waals surface area contributed by atoms with Crippen LogP contribution in [0.4, 0.5) is 0 Å². The second-order valence-electron chi connectivity index (χ2n) is 4.58. The number of aryl methyl sites for hydroxylation is 1. The third-order valence-electron chi connectivity index (χ3n) is 3.24. The van der Waals surface area contributed by atoms with Crippen LogP contribution in [0.2, 0.25) is 0 Å². The van der Waals surface area contributed by atoms with E-state index in [0.29, 0.717) is 6.54 Å². The Hall–Kier alpha value is -2.01. The lowest BCUT2D eigenvalue weighted by atomic mass is 10.3. The molecule has 2 N–H and O–H groups in total. The Morgan fingerprint density at radius 1 is 1.26 bits per heavy atom. The Labute approximate surface area is 111 Å². The number of rotatable bonds is 4. The lowest BCUT2D eigenvalue weighted by Gasteiger charge is -2.07. The fraction of sp³-hybridized carbons (Fsp3) is 0.357. The quantitative estimate of drug-likeness (QED) is 0.773. The molecule has 3 rings (SSSR count). The van der Waals surface area contributed by atoms with Crippen LogP contribution in [-0.2, 0) is 13.0 Å². The van der Waals surface area contributed by atoms with Gasteiger partial charge >= 0.3 is 0 Å². The minimum atomic E-state index is 0.596. The molecule has 98 valence electrons. The maximum Gasteiger partial charge on any atom is 0.115 e. The number of hydrogen-bond donors (Lipinski definition) is 1. The van der Waals surface area contributed by atoms with E-state index < -0.39 is 0 Å². The lowest BCUT2D eigenvalue weighted by Crippen LogP contribution is -2.12. The van der Waals surface area contributed by atoms with Gasteiger partial charge in [-0.2, -0.15) is 0 Å². The molecule has 0 bridgehead atoms. The van der Waals surface area contributed by atoms with Crippen molar-refractivity contribution >= 4 is 22.1 Å². The molecule has 0 spiro atoms. The molecule has 0 saturated carbocycles. The molecule has 0 radical (unpaired) electrons. The molecule has 19 heavy (non-hydrogen) atoms. The first-order chi connectivity index (χ1) is 9.35. The van der Waals surface area contributed by atoms with Gasteiger partial charge in [0.05, 0.1) is 17.2 Å². The molecular formula is C14H17N5. The molecule has 5 heteroatoms. The van der Waals surface area contributed by atoms with Gasteiger partial charge in [0.1, 0.15) is 16.9 Å². The van der Waals surface area contributed by atoms with Crippen molar-refractivity contribution in [3.8, 4) is 0 Å². The second-order valence-corrected chi connectivity index (χ2v) is 4.58. The molecule has 3 aromatic rings. The zero-order chi connectivity index (χ0) is 13.2. The summed E-state index contributed by atoms with van der Waals surface area (Å²) in [5.74, 6) is 1.07. The van der Waals surface area contributed by atoms with Crippen LogP contribution in [0.1, 0.15) is 19.2 Å². The molecule has 0 amide bonds. The van der Waals surface area contributed by atoms with Gasteiger partial charge in [0.2, 0.25) is 0 Å². The summed E-state index contributed by atoms with van der Waals surface area (Å²) in [5.41, 5.74) is 9.50. The van der Waals surface area contributed by atoms with Gasteiger partial charge in [-0.3, -0.25) is 9.97 Å². The largest absolute Gasteiger partial charge is 0.329 e. The van der Waals surface area contributed by atoms with Gasteiger partial charge in [-0.05, 0) is 18.6 Å². The molecule has 3 heterocycles. The van der Waals surface area contributed by atoms with Crippen molar-refractivity contribution < 1.29 is 0 Å². The highest BCUT2D eigenvalue weighted by molar-refractivity contribution is 5.99. The van der Waals surface area contributed by atoms with Gasteiger partial charge in [0, 0.05) is 25.7 Å². The van der Waals surface area contributed by atoms with Crippen molar-refractivity contribution in [1.82, 2.24) is 19.5 Å². The van der Waals surface area contributed by atoms with E-state index >= 15 is 0 Å². The van der Waals surface area contributed by atoms with Crippen LogP contribution >= 0.6 is 0 Å². The second kappa shape index (κ2) is 4.93. The summed E-state index contributed by atoms with van der Waals surface area (Å²) in [5, 5.41) is 0. The van der Waals surface area contributed by atoms with E-state index in [-0.39, 0.29) is 0 Å². The highest BCUT2D eigenvalue weighted by Gasteiger charge is 2.13. The predicted molar refractivity (Wildman–Crippen MR) is 75.9 cm³/mol. The number of nitrogens with two attached hydrogens (primary N) is 1. The van der Waals surface area contributed by atoms with Gasteiger partial charge in [-0.25, -0.2) is 4.98 Å². The Kier molecular flexibility index (Phi) is 3.13. The normalized spacial score (nSPS) is 11.5. The van der Waals surface area contributed by atoms with Crippen LogP contribution in [0.15, 0.2) is 24.5 Å². The van der Waals surface area contributed by atoms with Crippen LogP contribution in [0.25, 0.3) is 22.1 Å². The molecule has 0 aliphatic rings. The molecule has 0 saturated heterocycles. The fourth-order valence-corrected chi connectivity index (χ4v) is 2.46. The SMILES string of the molecule is CCCc1nc2cnc3cccnc3c2n1CCN. The van der Waals surface area contributed by atoms with E-state index in [4.69, 9.17) is 5.73 Å². The molecule has 0 aromatic carbocycles. The molecular weight excluding hydrogens is 238 g/mol. The summed E-state index contributed by atoms with van der Waals surface area (Å²) >= 11 is 0. The van der Waals surface area contributed by atoms with Crippen molar-refractivity contribution in [2.45, 2.75) is 26.3 Å². The maximum absolute atomic E-state index is 5.74. The first-order valence-corrected chi connectivity index (χ1v) is 6.64. The zero-order valence-corrected chi connectivity index (χ0v) is 11.0. The van der Waals surface area contributed by atoms with E-state index in [0.717, 1.165) is 47.3 Å². The Morgan fingerprint density at radius 3 is 2.95 bits per heavy atom. The zero-order valence-electron chi connectivity index (χ0n) is 11.0. The highest BCUT2D eigenvalue weighted by Crippen LogP contribution is 2.23. The molecule has 3 aromatic heterocycles. The van der Waals surface area contributed by atoms with Gasteiger partial charge in [-0.1, -0.05) is 6.92 Å². The first-order valence-electron chi connectivity index (χ1n) is 6.64. The summed E-state index contributed by atoms with van der Waals surface area (Å²) in [6.07, 6.45) is 5.63. The first kappa shape index (κ1) is 12.0.